The highest BCUT2D eigenvalue weighted by atomic mass is 32.1. The van der Waals surface area contributed by atoms with E-state index >= 15 is 0 Å². The van der Waals surface area contributed by atoms with Crippen LogP contribution in [0.2, 0.25) is 0 Å². The second kappa shape index (κ2) is 5.80. The Hall–Kier alpha value is -0.940. The number of aromatic nitrogens is 1. The number of carbonyl (C=O) groups is 1. The molecule has 2 unspecified atom stereocenters. The molecule has 0 aromatic carbocycles. The van der Waals surface area contributed by atoms with E-state index in [-0.39, 0.29) is 17.4 Å². The lowest BCUT2D eigenvalue weighted by Gasteiger charge is -2.36. The lowest BCUT2D eigenvalue weighted by molar-refractivity contribution is -0.133. The van der Waals surface area contributed by atoms with Gasteiger partial charge >= 0.3 is 0 Å². The van der Waals surface area contributed by atoms with E-state index in [1.54, 1.807) is 17.5 Å². The first-order valence-corrected chi connectivity index (χ1v) is 7.47. The molecule has 5 heteroatoms. The van der Waals surface area contributed by atoms with Crippen molar-refractivity contribution in [2.75, 3.05) is 13.1 Å². The number of rotatable bonds is 4. The molecule has 1 aliphatic heterocycles. The molecule has 1 aliphatic rings. The highest BCUT2D eigenvalue weighted by Crippen LogP contribution is 2.31. The summed E-state index contributed by atoms with van der Waals surface area (Å²) in [6.07, 6.45) is 4.72. The third-order valence-corrected chi connectivity index (χ3v) is 4.76. The molecule has 1 amide bonds. The highest BCUT2D eigenvalue weighted by molar-refractivity contribution is 7.09. The Kier molecular flexibility index (Phi) is 4.35. The summed E-state index contributed by atoms with van der Waals surface area (Å²) in [6, 6.07) is 0.00264. The molecule has 2 rings (SSSR count). The van der Waals surface area contributed by atoms with Gasteiger partial charge in [0.2, 0.25) is 5.91 Å². The van der Waals surface area contributed by atoms with E-state index < -0.39 is 0 Å². The fourth-order valence-corrected chi connectivity index (χ4v) is 3.13. The minimum atomic E-state index is -0.232. The Morgan fingerprint density at radius 3 is 3.11 bits per heavy atom. The van der Waals surface area contributed by atoms with E-state index in [1.165, 1.54) is 0 Å². The maximum absolute atomic E-state index is 12.5. The molecule has 0 radical (unpaired) electrons. The largest absolute Gasteiger partial charge is 0.347 e. The number of amides is 1. The quantitative estimate of drug-likeness (QED) is 0.878. The molecule has 4 nitrogen and oxygen atoms in total. The van der Waals surface area contributed by atoms with Gasteiger partial charge in [-0.25, -0.2) is 4.98 Å². The molecule has 2 atom stereocenters. The Labute approximate surface area is 112 Å². The predicted molar refractivity (Wildman–Crippen MR) is 73.5 cm³/mol. The molecule has 0 saturated carbocycles. The van der Waals surface area contributed by atoms with E-state index in [4.69, 9.17) is 0 Å². The summed E-state index contributed by atoms with van der Waals surface area (Å²) in [7, 11) is 0. The van der Waals surface area contributed by atoms with Crippen molar-refractivity contribution in [1.29, 1.82) is 0 Å². The van der Waals surface area contributed by atoms with Gasteiger partial charge in [-0.05, 0) is 32.7 Å². The SMILES string of the molecule is CCC1(C(=O)NC(C)c2nccs2)CCCNC1. The van der Waals surface area contributed by atoms with Crippen LogP contribution >= 0.6 is 11.3 Å². The van der Waals surface area contributed by atoms with Gasteiger partial charge in [-0.15, -0.1) is 11.3 Å². The number of nitrogens with zero attached hydrogens (tertiary/aromatic N) is 1. The summed E-state index contributed by atoms with van der Waals surface area (Å²) in [6.45, 7) is 5.91. The fourth-order valence-electron chi connectivity index (χ4n) is 2.48. The standard InChI is InChI=1S/C13H21N3OS/c1-3-13(5-4-6-14-9-13)12(17)16-10(2)11-15-7-8-18-11/h7-8,10,14H,3-6,9H2,1-2H3,(H,16,17). The third-order valence-electron chi connectivity index (χ3n) is 3.80. The lowest BCUT2D eigenvalue weighted by atomic mass is 9.77. The molecule has 0 spiro atoms. The summed E-state index contributed by atoms with van der Waals surface area (Å²) >= 11 is 1.58. The maximum atomic E-state index is 12.5. The zero-order chi connectivity index (χ0) is 13.0. The van der Waals surface area contributed by atoms with Gasteiger partial charge in [0, 0.05) is 18.1 Å². The number of carbonyl (C=O) groups excluding carboxylic acids is 1. The zero-order valence-electron chi connectivity index (χ0n) is 11.0. The van der Waals surface area contributed by atoms with Gasteiger partial charge in [0.15, 0.2) is 0 Å². The number of thiazole rings is 1. The first-order chi connectivity index (χ1) is 8.68. The lowest BCUT2D eigenvalue weighted by Crippen LogP contribution is -2.50. The first-order valence-electron chi connectivity index (χ1n) is 6.59. The van der Waals surface area contributed by atoms with E-state index in [0.29, 0.717) is 0 Å². The summed E-state index contributed by atoms with van der Waals surface area (Å²) in [5.41, 5.74) is -0.232. The average molecular weight is 267 g/mol. The predicted octanol–water partition coefficient (Wildman–Crippen LogP) is 2.10. The smallest absolute Gasteiger partial charge is 0.228 e. The molecular formula is C13H21N3OS. The van der Waals surface area contributed by atoms with Crippen LogP contribution in [0.4, 0.5) is 0 Å². The van der Waals surface area contributed by atoms with Crippen LogP contribution in [0, 0.1) is 5.41 Å². The van der Waals surface area contributed by atoms with Crippen LogP contribution in [0.5, 0.6) is 0 Å². The van der Waals surface area contributed by atoms with Crippen LogP contribution in [-0.4, -0.2) is 24.0 Å². The number of nitrogens with one attached hydrogen (secondary N) is 2. The number of hydrogen-bond acceptors (Lipinski definition) is 4. The van der Waals surface area contributed by atoms with Crippen molar-refractivity contribution in [2.45, 2.75) is 39.2 Å². The van der Waals surface area contributed by atoms with Gasteiger partial charge in [0.25, 0.3) is 0 Å². The van der Waals surface area contributed by atoms with E-state index in [9.17, 15) is 4.79 Å². The van der Waals surface area contributed by atoms with Crippen molar-refractivity contribution < 1.29 is 4.79 Å². The summed E-state index contributed by atoms with van der Waals surface area (Å²) in [5, 5.41) is 9.37. The molecule has 100 valence electrons. The monoisotopic (exact) mass is 267 g/mol. The highest BCUT2D eigenvalue weighted by Gasteiger charge is 2.38. The minimum Gasteiger partial charge on any atom is -0.347 e. The van der Waals surface area contributed by atoms with Crippen LogP contribution in [0.25, 0.3) is 0 Å². The van der Waals surface area contributed by atoms with Gasteiger partial charge in [-0.1, -0.05) is 6.92 Å². The normalized spacial score (nSPS) is 25.7. The van der Waals surface area contributed by atoms with Crippen LogP contribution < -0.4 is 10.6 Å². The Morgan fingerprint density at radius 2 is 2.56 bits per heavy atom. The Bertz CT molecular complexity index is 385. The van der Waals surface area contributed by atoms with E-state index in [0.717, 1.165) is 37.4 Å². The fraction of sp³-hybridized carbons (Fsp3) is 0.692. The Balaban J connectivity index is 2.01. The van der Waals surface area contributed by atoms with Gasteiger partial charge in [0.1, 0.15) is 5.01 Å². The molecule has 2 N–H and O–H groups in total. The minimum absolute atomic E-state index is 0.00264. The molecule has 0 aliphatic carbocycles. The maximum Gasteiger partial charge on any atom is 0.228 e. The van der Waals surface area contributed by atoms with E-state index in [1.807, 2.05) is 12.3 Å². The van der Waals surface area contributed by atoms with Crippen molar-refractivity contribution in [1.82, 2.24) is 15.6 Å². The molecule has 1 aromatic rings. The number of piperidine rings is 1. The molecule has 18 heavy (non-hydrogen) atoms. The van der Waals surface area contributed by atoms with Gasteiger partial charge in [-0.3, -0.25) is 4.79 Å². The topological polar surface area (TPSA) is 54.0 Å². The molecular weight excluding hydrogens is 246 g/mol. The van der Waals surface area contributed by atoms with Crippen LogP contribution in [0.1, 0.15) is 44.2 Å². The molecule has 2 heterocycles. The molecule has 1 fully saturated rings. The van der Waals surface area contributed by atoms with Crippen LogP contribution in [-0.2, 0) is 4.79 Å². The van der Waals surface area contributed by atoms with Gasteiger partial charge < -0.3 is 10.6 Å². The molecule has 1 saturated heterocycles. The van der Waals surface area contributed by atoms with Crippen LogP contribution in [0.15, 0.2) is 11.6 Å². The number of hydrogen-bond donors (Lipinski definition) is 2. The van der Waals surface area contributed by atoms with Crippen molar-refractivity contribution in [3.63, 3.8) is 0 Å². The van der Waals surface area contributed by atoms with Crippen molar-refractivity contribution >= 4 is 17.2 Å². The average Bonchev–Trinajstić information content (AvgIpc) is 2.93. The van der Waals surface area contributed by atoms with Crippen molar-refractivity contribution in [3.05, 3.63) is 16.6 Å². The molecule has 0 bridgehead atoms. The van der Waals surface area contributed by atoms with Gasteiger partial charge in [0.05, 0.1) is 11.5 Å². The van der Waals surface area contributed by atoms with Crippen molar-refractivity contribution in [3.8, 4) is 0 Å². The third kappa shape index (κ3) is 2.72. The van der Waals surface area contributed by atoms with Gasteiger partial charge in [-0.2, -0.15) is 0 Å². The first kappa shape index (κ1) is 13.5. The Morgan fingerprint density at radius 1 is 1.72 bits per heavy atom. The summed E-state index contributed by atoms with van der Waals surface area (Å²) < 4.78 is 0. The zero-order valence-corrected chi connectivity index (χ0v) is 11.8. The van der Waals surface area contributed by atoms with E-state index in [2.05, 4.69) is 22.5 Å². The van der Waals surface area contributed by atoms with Crippen LogP contribution in [0.3, 0.4) is 0 Å². The van der Waals surface area contributed by atoms with Crippen molar-refractivity contribution in [2.24, 2.45) is 5.41 Å². The summed E-state index contributed by atoms with van der Waals surface area (Å²) in [5.74, 6) is 0.167. The second-order valence-corrected chi connectivity index (χ2v) is 5.91. The molecule has 1 aromatic heterocycles. The summed E-state index contributed by atoms with van der Waals surface area (Å²) in [4.78, 5) is 16.7. The second-order valence-electron chi connectivity index (χ2n) is 4.98.